The number of anilines is 1. The molecule has 0 unspecified atom stereocenters. The van der Waals surface area contributed by atoms with Gasteiger partial charge in [-0.1, -0.05) is 31.4 Å². The third-order valence-corrected chi connectivity index (χ3v) is 5.44. The molecule has 3 rings (SSSR count). The number of aryl methyl sites for hydroxylation is 1. The third kappa shape index (κ3) is 4.91. The van der Waals surface area contributed by atoms with Crippen LogP contribution in [0.15, 0.2) is 24.4 Å². The van der Waals surface area contributed by atoms with Crippen molar-refractivity contribution in [2.24, 2.45) is 0 Å². The fourth-order valence-electron chi connectivity index (χ4n) is 3.87. The minimum absolute atomic E-state index is 0.00763. The number of aromatic nitrogens is 3. The summed E-state index contributed by atoms with van der Waals surface area (Å²) in [7, 11) is 3.58. The molecule has 6 heteroatoms. The zero-order chi connectivity index (χ0) is 19.9. The van der Waals surface area contributed by atoms with Gasteiger partial charge in [-0.25, -0.2) is 4.98 Å². The van der Waals surface area contributed by atoms with Crippen molar-refractivity contribution in [3.63, 3.8) is 0 Å². The second-order valence-electron chi connectivity index (χ2n) is 7.90. The van der Waals surface area contributed by atoms with Gasteiger partial charge in [0.05, 0.1) is 0 Å². The van der Waals surface area contributed by atoms with E-state index in [-0.39, 0.29) is 5.91 Å². The normalized spacial score (nSPS) is 15.4. The Morgan fingerprint density at radius 1 is 1.29 bits per heavy atom. The number of unbranched alkanes of at least 4 members (excludes halogenated alkanes) is 2. The minimum atomic E-state index is 0.00763. The summed E-state index contributed by atoms with van der Waals surface area (Å²) in [6.07, 6.45) is 15.5. The minimum Gasteiger partial charge on any atom is -0.351 e. The Labute approximate surface area is 168 Å². The molecule has 152 valence electrons. The molecule has 1 amide bonds. The summed E-state index contributed by atoms with van der Waals surface area (Å²) in [5.74, 6) is 0.685. The Kier molecular flexibility index (Phi) is 7.06. The molecule has 0 radical (unpaired) electrons. The molecule has 0 bridgehead atoms. The second-order valence-corrected chi connectivity index (χ2v) is 7.90. The van der Waals surface area contributed by atoms with Gasteiger partial charge in [0.15, 0.2) is 0 Å². The van der Waals surface area contributed by atoms with E-state index >= 15 is 0 Å². The van der Waals surface area contributed by atoms with Crippen LogP contribution in [0.5, 0.6) is 0 Å². The smallest absolute Gasteiger partial charge is 0.270 e. The topological polar surface area (TPSA) is 63.1 Å². The van der Waals surface area contributed by atoms with Crippen LogP contribution in [-0.2, 0) is 6.54 Å². The molecule has 1 aliphatic rings. The van der Waals surface area contributed by atoms with Gasteiger partial charge in [-0.3, -0.25) is 4.79 Å². The van der Waals surface area contributed by atoms with E-state index in [0.717, 1.165) is 36.8 Å². The van der Waals surface area contributed by atoms with Crippen LogP contribution >= 0.6 is 0 Å². The van der Waals surface area contributed by atoms with Crippen molar-refractivity contribution in [2.45, 2.75) is 70.9 Å². The molecular formula is C22H33N5O. The van der Waals surface area contributed by atoms with Crippen LogP contribution in [0.4, 0.5) is 5.95 Å². The highest BCUT2D eigenvalue weighted by molar-refractivity contribution is 5.97. The molecule has 0 spiro atoms. The van der Waals surface area contributed by atoms with Crippen LogP contribution in [0, 0.1) is 0 Å². The molecule has 2 heterocycles. The number of nitrogens with one attached hydrogen (secondary N) is 1. The van der Waals surface area contributed by atoms with Crippen LogP contribution in [0.25, 0.3) is 11.0 Å². The molecule has 1 aliphatic carbocycles. The lowest BCUT2D eigenvalue weighted by atomic mass is 9.96. The number of nitrogens with zero attached hydrogens (tertiary/aromatic N) is 4. The largest absolute Gasteiger partial charge is 0.351 e. The quantitative estimate of drug-likeness (QED) is 0.533. The van der Waals surface area contributed by atoms with Gasteiger partial charge >= 0.3 is 0 Å². The van der Waals surface area contributed by atoms with Crippen molar-refractivity contribution in [2.75, 3.05) is 19.4 Å². The van der Waals surface area contributed by atoms with E-state index in [1.54, 1.807) is 19.0 Å². The highest BCUT2D eigenvalue weighted by Crippen LogP contribution is 2.23. The molecule has 0 atom stereocenters. The predicted molar refractivity (Wildman–Crippen MR) is 115 cm³/mol. The number of carbonyl (C=O) groups is 1. The Morgan fingerprint density at radius 3 is 2.79 bits per heavy atom. The summed E-state index contributed by atoms with van der Waals surface area (Å²) < 4.78 is 2.07. The molecule has 1 saturated carbocycles. The Bertz CT molecular complexity index is 818. The van der Waals surface area contributed by atoms with E-state index in [1.165, 1.54) is 32.1 Å². The molecule has 28 heavy (non-hydrogen) atoms. The zero-order valence-corrected chi connectivity index (χ0v) is 17.4. The number of hydrogen-bond donors (Lipinski definition) is 1. The lowest BCUT2D eigenvalue weighted by Crippen LogP contribution is -2.25. The monoisotopic (exact) mass is 383 g/mol. The molecule has 0 aromatic carbocycles. The first-order valence-electron chi connectivity index (χ1n) is 10.6. The summed E-state index contributed by atoms with van der Waals surface area (Å²) in [6.45, 7) is 2.83. The van der Waals surface area contributed by atoms with E-state index in [4.69, 9.17) is 4.98 Å². The lowest BCUT2D eigenvalue weighted by Gasteiger charge is -2.22. The summed E-state index contributed by atoms with van der Waals surface area (Å²) in [5.41, 5.74) is 1.54. The number of fused-ring (bicyclic) bond motifs is 1. The van der Waals surface area contributed by atoms with E-state index in [2.05, 4.69) is 27.0 Å². The second kappa shape index (κ2) is 9.71. The molecule has 0 saturated heterocycles. The van der Waals surface area contributed by atoms with Crippen LogP contribution in [0.1, 0.15) is 68.8 Å². The molecule has 2 aromatic rings. The van der Waals surface area contributed by atoms with Crippen LogP contribution in [-0.4, -0.2) is 45.5 Å². The highest BCUT2D eigenvalue weighted by Gasteiger charge is 2.20. The van der Waals surface area contributed by atoms with Gasteiger partial charge in [0.1, 0.15) is 11.3 Å². The van der Waals surface area contributed by atoms with Crippen molar-refractivity contribution in [1.82, 2.24) is 19.4 Å². The Balaban J connectivity index is 1.85. The SMILES string of the molecule is C/C=C\CCCCn1c(C(=O)N(C)C)cc2cnc(NC3CCCCC3)nc21. The molecule has 0 aliphatic heterocycles. The predicted octanol–water partition coefficient (Wildman–Crippen LogP) is 4.62. The summed E-state index contributed by atoms with van der Waals surface area (Å²) in [6, 6.07) is 2.38. The van der Waals surface area contributed by atoms with Gasteiger partial charge < -0.3 is 14.8 Å². The summed E-state index contributed by atoms with van der Waals surface area (Å²) in [4.78, 5) is 23.6. The first-order valence-corrected chi connectivity index (χ1v) is 10.6. The molecule has 6 nitrogen and oxygen atoms in total. The summed E-state index contributed by atoms with van der Waals surface area (Å²) in [5, 5.41) is 4.43. The van der Waals surface area contributed by atoms with E-state index in [9.17, 15) is 4.79 Å². The fraction of sp³-hybridized carbons (Fsp3) is 0.591. The van der Waals surface area contributed by atoms with Gasteiger partial charge in [-0.15, -0.1) is 0 Å². The Morgan fingerprint density at radius 2 is 2.07 bits per heavy atom. The zero-order valence-electron chi connectivity index (χ0n) is 17.4. The van der Waals surface area contributed by atoms with Crippen molar-refractivity contribution in [1.29, 1.82) is 0 Å². The van der Waals surface area contributed by atoms with Gasteiger partial charge in [0, 0.05) is 38.3 Å². The molecular weight excluding hydrogens is 350 g/mol. The molecule has 1 fully saturated rings. The van der Waals surface area contributed by atoms with E-state index in [0.29, 0.717) is 17.7 Å². The number of hydrogen-bond acceptors (Lipinski definition) is 4. The third-order valence-electron chi connectivity index (χ3n) is 5.44. The van der Waals surface area contributed by atoms with Crippen molar-refractivity contribution in [3.05, 3.63) is 30.1 Å². The van der Waals surface area contributed by atoms with Gasteiger partial charge in [-0.2, -0.15) is 4.98 Å². The standard InChI is InChI=1S/C22H33N5O/c1-4-5-6-7-11-14-27-19(21(28)26(2)3)15-17-16-23-22(25-20(17)27)24-18-12-9-8-10-13-18/h4-5,15-16,18H,6-14H2,1-3H3,(H,23,24,25)/b5-4-. The van der Waals surface area contributed by atoms with Crippen LogP contribution < -0.4 is 5.32 Å². The maximum atomic E-state index is 12.7. The van der Waals surface area contributed by atoms with E-state index in [1.807, 2.05) is 19.2 Å². The maximum absolute atomic E-state index is 12.7. The summed E-state index contributed by atoms with van der Waals surface area (Å²) >= 11 is 0. The first kappa shape index (κ1) is 20.4. The average Bonchev–Trinajstić information content (AvgIpc) is 3.06. The molecule has 2 aromatic heterocycles. The Hall–Kier alpha value is -2.37. The van der Waals surface area contributed by atoms with Crippen molar-refractivity contribution in [3.8, 4) is 0 Å². The number of carbonyl (C=O) groups excluding carboxylic acids is 1. The van der Waals surface area contributed by atoms with Crippen molar-refractivity contribution >= 4 is 22.9 Å². The number of rotatable bonds is 8. The van der Waals surface area contributed by atoms with Crippen molar-refractivity contribution < 1.29 is 4.79 Å². The molecule has 1 N–H and O–H groups in total. The average molecular weight is 384 g/mol. The van der Waals surface area contributed by atoms with Crippen LogP contribution in [0.2, 0.25) is 0 Å². The lowest BCUT2D eigenvalue weighted by molar-refractivity contribution is 0.0817. The fourth-order valence-corrected chi connectivity index (χ4v) is 3.87. The van der Waals surface area contributed by atoms with Gasteiger partial charge in [-0.05, 0) is 45.1 Å². The highest BCUT2D eigenvalue weighted by atomic mass is 16.2. The van der Waals surface area contributed by atoms with Crippen LogP contribution in [0.3, 0.4) is 0 Å². The van der Waals surface area contributed by atoms with Gasteiger partial charge in [0.2, 0.25) is 5.95 Å². The number of amides is 1. The maximum Gasteiger partial charge on any atom is 0.270 e. The van der Waals surface area contributed by atoms with Gasteiger partial charge in [0.25, 0.3) is 5.91 Å². The van der Waals surface area contributed by atoms with E-state index < -0.39 is 0 Å². The number of allylic oxidation sites excluding steroid dienone is 2. The first-order chi connectivity index (χ1) is 13.6.